The van der Waals surface area contributed by atoms with Gasteiger partial charge in [0.2, 0.25) is 0 Å². The Morgan fingerprint density at radius 1 is 1.08 bits per heavy atom. The van der Waals surface area contributed by atoms with Gasteiger partial charge in [0, 0.05) is 17.6 Å². The SMILES string of the molecule is CC=CCCN(Cc1ccc(Br)cc1)C(=O)OCc1ccccc1. The van der Waals surface area contributed by atoms with Crippen molar-refractivity contribution in [1.29, 1.82) is 0 Å². The number of nitrogens with zero attached hydrogens (tertiary/aromatic N) is 1. The van der Waals surface area contributed by atoms with Crippen LogP contribution < -0.4 is 0 Å². The number of hydrogen-bond acceptors (Lipinski definition) is 2. The average Bonchev–Trinajstić information content (AvgIpc) is 2.61. The summed E-state index contributed by atoms with van der Waals surface area (Å²) in [5.74, 6) is 0. The number of rotatable bonds is 7. The zero-order valence-corrected chi connectivity index (χ0v) is 15.4. The third-order valence-corrected chi connectivity index (χ3v) is 4.08. The van der Waals surface area contributed by atoms with Gasteiger partial charge >= 0.3 is 6.09 Å². The highest BCUT2D eigenvalue weighted by Crippen LogP contribution is 2.14. The van der Waals surface area contributed by atoms with E-state index in [2.05, 4.69) is 22.0 Å². The molecule has 0 saturated carbocycles. The number of carbonyl (C=O) groups is 1. The summed E-state index contributed by atoms with van der Waals surface area (Å²) >= 11 is 3.43. The van der Waals surface area contributed by atoms with Crippen molar-refractivity contribution < 1.29 is 9.53 Å². The molecule has 24 heavy (non-hydrogen) atoms. The molecule has 2 aromatic carbocycles. The van der Waals surface area contributed by atoms with Crippen molar-refractivity contribution in [1.82, 2.24) is 4.90 Å². The molecule has 0 bridgehead atoms. The van der Waals surface area contributed by atoms with E-state index in [0.717, 1.165) is 22.0 Å². The fraction of sp³-hybridized carbons (Fsp3) is 0.250. The molecule has 0 atom stereocenters. The molecule has 0 heterocycles. The van der Waals surface area contributed by atoms with Gasteiger partial charge in [-0.3, -0.25) is 0 Å². The van der Waals surface area contributed by atoms with E-state index in [1.807, 2.05) is 67.6 Å². The van der Waals surface area contributed by atoms with Gasteiger partial charge in [0.1, 0.15) is 6.61 Å². The predicted molar refractivity (Wildman–Crippen MR) is 101 cm³/mol. The molecule has 0 saturated heterocycles. The first-order valence-corrected chi connectivity index (χ1v) is 8.79. The number of allylic oxidation sites excluding steroid dienone is 1. The van der Waals surface area contributed by atoms with Crippen LogP contribution >= 0.6 is 15.9 Å². The maximum absolute atomic E-state index is 12.5. The maximum atomic E-state index is 12.5. The highest BCUT2D eigenvalue weighted by atomic mass is 79.9. The van der Waals surface area contributed by atoms with Crippen molar-refractivity contribution in [2.75, 3.05) is 6.54 Å². The van der Waals surface area contributed by atoms with Gasteiger partial charge < -0.3 is 9.64 Å². The molecule has 126 valence electrons. The lowest BCUT2D eigenvalue weighted by atomic mass is 10.2. The third-order valence-electron chi connectivity index (χ3n) is 3.55. The molecule has 0 aliphatic heterocycles. The minimum Gasteiger partial charge on any atom is -0.445 e. The Hall–Kier alpha value is -2.07. The van der Waals surface area contributed by atoms with Gasteiger partial charge in [-0.15, -0.1) is 0 Å². The van der Waals surface area contributed by atoms with Gasteiger partial charge in [0.25, 0.3) is 0 Å². The molecule has 0 radical (unpaired) electrons. The van der Waals surface area contributed by atoms with E-state index in [9.17, 15) is 4.79 Å². The molecular weight excluding hydrogens is 366 g/mol. The van der Waals surface area contributed by atoms with Crippen molar-refractivity contribution in [3.05, 3.63) is 82.3 Å². The molecule has 2 rings (SSSR count). The lowest BCUT2D eigenvalue weighted by Crippen LogP contribution is -2.31. The second-order valence-electron chi connectivity index (χ2n) is 5.45. The maximum Gasteiger partial charge on any atom is 0.410 e. The first kappa shape index (κ1) is 18.3. The van der Waals surface area contributed by atoms with Gasteiger partial charge in [-0.1, -0.05) is 70.5 Å². The molecule has 0 aromatic heterocycles. The van der Waals surface area contributed by atoms with Crippen molar-refractivity contribution in [2.24, 2.45) is 0 Å². The largest absolute Gasteiger partial charge is 0.445 e. The number of amides is 1. The topological polar surface area (TPSA) is 29.5 Å². The van der Waals surface area contributed by atoms with Crippen LogP contribution in [0.15, 0.2) is 71.2 Å². The second-order valence-corrected chi connectivity index (χ2v) is 6.36. The summed E-state index contributed by atoms with van der Waals surface area (Å²) in [4.78, 5) is 14.2. The summed E-state index contributed by atoms with van der Waals surface area (Å²) in [5, 5.41) is 0. The van der Waals surface area contributed by atoms with E-state index in [1.165, 1.54) is 0 Å². The number of carbonyl (C=O) groups excluding carboxylic acids is 1. The van der Waals surface area contributed by atoms with Crippen LogP contribution in [-0.2, 0) is 17.9 Å². The Morgan fingerprint density at radius 2 is 1.79 bits per heavy atom. The summed E-state index contributed by atoms with van der Waals surface area (Å²) in [6.07, 6.45) is 4.57. The minimum atomic E-state index is -0.286. The standard InChI is InChI=1S/C20H22BrNO2/c1-2-3-7-14-22(15-17-10-12-19(21)13-11-17)20(23)24-16-18-8-5-4-6-9-18/h2-6,8-13H,7,14-16H2,1H3. The molecular formula is C20H22BrNO2. The van der Waals surface area contributed by atoms with E-state index in [4.69, 9.17) is 4.74 Å². The first-order valence-electron chi connectivity index (χ1n) is 8.00. The fourth-order valence-electron chi connectivity index (χ4n) is 2.25. The predicted octanol–water partition coefficient (Wildman–Crippen LogP) is 5.55. The molecule has 0 fully saturated rings. The van der Waals surface area contributed by atoms with Crippen LogP contribution in [0, 0.1) is 0 Å². The smallest absolute Gasteiger partial charge is 0.410 e. The Labute approximate surface area is 152 Å². The molecule has 3 nitrogen and oxygen atoms in total. The van der Waals surface area contributed by atoms with Gasteiger partial charge in [0.05, 0.1) is 0 Å². The van der Waals surface area contributed by atoms with Crippen LogP contribution in [0.2, 0.25) is 0 Å². The molecule has 4 heteroatoms. The number of hydrogen-bond donors (Lipinski definition) is 0. The van der Waals surface area contributed by atoms with Crippen LogP contribution in [0.4, 0.5) is 4.79 Å². The summed E-state index contributed by atoms with van der Waals surface area (Å²) in [6, 6.07) is 17.7. The summed E-state index contributed by atoms with van der Waals surface area (Å²) in [5.41, 5.74) is 2.07. The van der Waals surface area contributed by atoms with Crippen LogP contribution in [-0.4, -0.2) is 17.5 Å². The lowest BCUT2D eigenvalue weighted by Gasteiger charge is -2.22. The van der Waals surface area contributed by atoms with Crippen molar-refractivity contribution in [3.63, 3.8) is 0 Å². The number of benzene rings is 2. The van der Waals surface area contributed by atoms with E-state index >= 15 is 0 Å². The molecule has 0 N–H and O–H groups in total. The molecule has 0 unspecified atom stereocenters. The summed E-state index contributed by atoms with van der Waals surface area (Å²) in [6.45, 7) is 3.44. The Morgan fingerprint density at radius 3 is 2.46 bits per heavy atom. The number of halogens is 1. The van der Waals surface area contributed by atoms with Gasteiger partial charge in [0.15, 0.2) is 0 Å². The monoisotopic (exact) mass is 387 g/mol. The van der Waals surface area contributed by atoms with E-state index in [-0.39, 0.29) is 6.09 Å². The molecule has 2 aromatic rings. The molecule has 0 aliphatic carbocycles. The van der Waals surface area contributed by atoms with Crippen molar-refractivity contribution in [2.45, 2.75) is 26.5 Å². The van der Waals surface area contributed by atoms with Crippen molar-refractivity contribution >= 4 is 22.0 Å². The fourth-order valence-corrected chi connectivity index (χ4v) is 2.52. The van der Waals surface area contributed by atoms with Crippen molar-refractivity contribution in [3.8, 4) is 0 Å². The van der Waals surface area contributed by atoms with Crippen LogP contribution in [0.5, 0.6) is 0 Å². The van der Waals surface area contributed by atoms with Crippen LogP contribution in [0.3, 0.4) is 0 Å². The summed E-state index contributed by atoms with van der Waals surface area (Å²) in [7, 11) is 0. The first-order chi connectivity index (χ1) is 11.7. The Balaban J connectivity index is 1.98. The van der Waals surface area contributed by atoms with Gasteiger partial charge in [-0.05, 0) is 36.6 Å². The quantitative estimate of drug-likeness (QED) is 0.582. The Bertz CT molecular complexity index is 653. The third kappa shape index (κ3) is 6.20. The normalized spacial score (nSPS) is 10.8. The molecule has 0 aliphatic rings. The minimum absolute atomic E-state index is 0.286. The Kier molecular flexibility index (Phi) is 7.56. The average molecular weight is 388 g/mol. The number of ether oxygens (including phenoxy) is 1. The second kappa shape index (κ2) is 9.93. The summed E-state index contributed by atoms with van der Waals surface area (Å²) < 4.78 is 6.50. The highest BCUT2D eigenvalue weighted by Gasteiger charge is 2.15. The van der Waals surface area contributed by atoms with E-state index in [0.29, 0.717) is 19.7 Å². The van der Waals surface area contributed by atoms with E-state index < -0.39 is 0 Å². The van der Waals surface area contributed by atoms with Gasteiger partial charge in [-0.2, -0.15) is 0 Å². The van der Waals surface area contributed by atoms with Crippen LogP contribution in [0.1, 0.15) is 24.5 Å². The zero-order chi connectivity index (χ0) is 17.2. The van der Waals surface area contributed by atoms with Gasteiger partial charge in [-0.25, -0.2) is 4.79 Å². The van der Waals surface area contributed by atoms with Crippen LogP contribution in [0.25, 0.3) is 0 Å². The molecule has 0 spiro atoms. The molecule has 1 amide bonds. The zero-order valence-electron chi connectivity index (χ0n) is 13.8. The highest BCUT2D eigenvalue weighted by molar-refractivity contribution is 9.10. The lowest BCUT2D eigenvalue weighted by molar-refractivity contribution is 0.0943. The van der Waals surface area contributed by atoms with E-state index in [1.54, 1.807) is 4.90 Å².